The van der Waals surface area contributed by atoms with Gasteiger partial charge in [-0.1, -0.05) is 0 Å². The third-order valence-electron chi connectivity index (χ3n) is 3.74. The second-order valence-electron chi connectivity index (χ2n) is 4.93. The molecule has 2 rings (SSSR count). The summed E-state index contributed by atoms with van der Waals surface area (Å²) in [5, 5.41) is 3.09. The zero-order chi connectivity index (χ0) is 11.5. The fourth-order valence-electron chi connectivity index (χ4n) is 2.66. The maximum atomic E-state index is 11.6. The van der Waals surface area contributed by atoms with Crippen LogP contribution in [0.25, 0.3) is 0 Å². The maximum Gasteiger partial charge on any atom is 0.317 e. The molecule has 0 saturated carbocycles. The molecule has 92 valence electrons. The summed E-state index contributed by atoms with van der Waals surface area (Å²) < 4.78 is 0. The highest BCUT2D eigenvalue weighted by atomic mass is 16.2. The van der Waals surface area contributed by atoms with Crippen LogP contribution < -0.4 is 11.1 Å². The fourth-order valence-corrected chi connectivity index (χ4v) is 2.66. The number of carbonyl (C=O) groups excluding carboxylic acids is 1. The number of piperidine rings is 1. The van der Waals surface area contributed by atoms with Crippen molar-refractivity contribution in [2.24, 2.45) is 11.7 Å². The second kappa shape index (κ2) is 5.01. The van der Waals surface area contributed by atoms with Gasteiger partial charge in [0.2, 0.25) is 0 Å². The molecule has 0 bridgehead atoms. The monoisotopic (exact) mass is 226 g/mol. The minimum absolute atomic E-state index is 0.0642. The van der Waals surface area contributed by atoms with E-state index in [2.05, 4.69) is 17.3 Å². The lowest BCUT2D eigenvalue weighted by molar-refractivity contribution is 0.191. The lowest BCUT2D eigenvalue weighted by atomic mass is 9.90. The minimum atomic E-state index is 0.0642. The third-order valence-corrected chi connectivity index (χ3v) is 3.74. The van der Waals surface area contributed by atoms with Crippen LogP contribution in [0.5, 0.6) is 0 Å². The van der Waals surface area contributed by atoms with Crippen molar-refractivity contribution < 1.29 is 4.79 Å². The first-order valence-electron chi connectivity index (χ1n) is 6.14. The number of nitrogens with two attached hydrogens (primary N) is 1. The Morgan fingerprint density at radius 3 is 2.75 bits per heavy atom. The second-order valence-corrected chi connectivity index (χ2v) is 4.93. The van der Waals surface area contributed by atoms with Gasteiger partial charge < -0.3 is 20.9 Å². The first-order chi connectivity index (χ1) is 7.70. The summed E-state index contributed by atoms with van der Waals surface area (Å²) in [4.78, 5) is 15.8. The Bertz CT molecular complexity index is 250. The smallest absolute Gasteiger partial charge is 0.317 e. The molecular weight excluding hydrogens is 204 g/mol. The molecular formula is C11H22N4O. The summed E-state index contributed by atoms with van der Waals surface area (Å²) in [5.41, 5.74) is 5.48. The zero-order valence-corrected chi connectivity index (χ0v) is 9.98. The summed E-state index contributed by atoms with van der Waals surface area (Å²) in [5.74, 6) is 0.642. The van der Waals surface area contributed by atoms with E-state index in [-0.39, 0.29) is 6.03 Å². The van der Waals surface area contributed by atoms with Crippen molar-refractivity contribution in [2.45, 2.75) is 18.9 Å². The number of hydrogen-bond donors (Lipinski definition) is 2. The quantitative estimate of drug-likeness (QED) is 0.693. The molecule has 2 fully saturated rings. The lowest BCUT2D eigenvalue weighted by Gasteiger charge is -2.32. The molecule has 0 radical (unpaired) electrons. The largest absolute Gasteiger partial charge is 0.333 e. The molecule has 2 amide bonds. The van der Waals surface area contributed by atoms with Crippen molar-refractivity contribution in [3.05, 3.63) is 0 Å². The molecule has 1 unspecified atom stereocenters. The summed E-state index contributed by atoms with van der Waals surface area (Å²) >= 11 is 0. The molecule has 2 saturated heterocycles. The van der Waals surface area contributed by atoms with Gasteiger partial charge in [0.1, 0.15) is 0 Å². The molecule has 5 nitrogen and oxygen atoms in total. The molecule has 0 aromatic carbocycles. The van der Waals surface area contributed by atoms with Gasteiger partial charge in [-0.05, 0) is 38.9 Å². The number of rotatable bonds is 3. The van der Waals surface area contributed by atoms with Crippen LogP contribution in [-0.4, -0.2) is 61.6 Å². The van der Waals surface area contributed by atoms with Crippen LogP contribution >= 0.6 is 0 Å². The Labute approximate surface area is 96.9 Å². The Morgan fingerprint density at radius 1 is 1.44 bits per heavy atom. The number of urea groups is 1. The van der Waals surface area contributed by atoms with Gasteiger partial charge >= 0.3 is 6.03 Å². The van der Waals surface area contributed by atoms with Gasteiger partial charge in [-0.15, -0.1) is 0 Å². The van der Waals surface area contributed by atoms with Crippen molar-refractivity contribution in [3.63, 3.8) is 0 Å². The van der Waals surface area contributed by atoms with E-state index in [0.717, 1.165) is 19.6 Å². The third kappa shape index (κ3) is 2.47. The Balaban J connectivity index is 1.85. The van der Waals surface area contributed by atoms with Crippen LogP contribution in [0.1, 0.15) is 12.8 Å². The Morgan fingerprint density at radius 2 is 2.12 bits per heavy atom. The summed E-state index contributed by atoms with van der Waals surface area (Å²) in [6.07, 6.45) is 2.38. The van der Waals surface area contributed by atoms with Crippen molar-refractivity contribution in [1.82, 2.24) is 15.1 Å². The van der Waals surface area contributed by atoms with Gasteiger partial charge in [0.25, 0.3) is 0 Å². The summed E-state index contributed by atoms with van der Waals surface area (Å²) in [7, 11) is 2.16. The highest BCUT2D eigenvalue weighted by Crippen LogP contribution is 2.23. The van der Waals surface area contributed by atoms with E-state index in [9.17, 15) is 4.79 Å². The van der Waals surface area contributed by atoms with Crippen molar-refractivity contribution in [3.8, 4) is 0 Å². The van der Waals surface area contributed by atoms with E-state index < -0.39 is 0 Å². The molecule has 0 aromatic rings. The highest BCUT2D eigenvalue weighted by molar-refractivity contribution is 5.76. The maximum absolute atomic E-state index is 11.6. The predicted octanol–water partition coefficient (Wildman–Crippen LogP) is -0.319. The topological polar surface area (TPSA) is 61.6 Å². The standard InChI is InChI=1S/C11H22N4O/c1-14-5-2-9(3-6-14)10-8-15(7-4-12)11(16)13-10/h9-10H,2-8,12H2,1H3,(H,13,16). The van der Waals surface area contributed by atoms with Crippen LogP contribution in [0, 0.1) is 5.92 Å². The van der Waals surface area contributed by atoms with E-state index in [1.165, 1.54) is 12.8 Å². The van der Waals surface area contributed by atoms with E-state index in [4.69, 9.17) is 5.73 Å². The summed E-state index contributed by atoms with van der Waals surface area (Å²) in [6.45, 7) is 4.36. The number of amides is 2. The molecule has 16 heavy (non-hydrogen) atoms. The lowest BCUT2D eigenvalue weighted by Crippen LogP contribution is -2.41. The first-order valence-corrected chi connectivity index (χ1v) is 6.14. The van der Waals surface area contributed by atoms with Crippen LogP contribution in [-0.2, 0) is 0 Å². The van der Waals surface area contributed by atoms with Crippen molar-refractivity contribution >= 4 is 6.03 Å². The predicted molar refractivity (Wildman–Crippen MR) is 63.2 cm³/mol. The zero-order valence-electron chi connectivity index (χ0n) is 9.98. The molecule has 0 aromatic heterocycles. The van der Waals surface area contributed by atoms with Gasteiger partial charge in [0.05, 0.1) is 6.04 Å². The molecule has 5 heteroatoms. The van der Waals surface area contributed by atoms with Crippen LogP contribution in [0.4, 0.5) is 4.79 Å². The molecule has 0 aliphatic carbocycles. The van der Waals surface area contributed by atoms with Gasteiger partial charge in [0, 0.05) is 19.6 Å². The summed E-state index contributed by atoms with van der Waals surface area (Å²) in [6, 6.07) is 0.405. The minimum Gasteiger partial charge on any atom is -0.333 e. The molecule has 2 aliphatic rings. The van der Waals surface area contributed by atoms with Gasteiger partial charge in [-0.3, -0.25) is 0 Å². The first kappa shape index (κ1) is 11.7. The number of nitrogens with zero attached hydrogens (tertiary/aromatic N) is 2. The van der Waals surface area contributed by atoms with Crippen molar-refractivity contribution in [1.29, 1.82) is 0 Å². The number of hydrogen-bond acceptors (Lipinski definition) is 3. The normalized spacial score (nSPS) is 28.5. The van der Waals surface area contributed by atoms with E-state index >= 15 is 0 Å². The average molecular weight is 226 g/mol. The van der Waals surface area contributed by atoms with Gasteiger partial charge in [-0.25, -0.2) is 4.79 Å². The molecule has 2 aliphatic heterocycles. The van der Waals surface area contributed by atoms with Crippen LogP contribution in [0.3, 0.4) is 0 Å². The van der Waals surface area contributed by atoms with E-state index in [0.29, 0.717) is 25.0 Å². The number of nitrogens with one attached hydrogen (secondary N) is 1. The van der Waals surface area contributed by atoms with Crippen molar-refractivity contribution in [2.75, 3.05) is 39.8 Å². The SMILES string of the molecule is CN1CCC(C2CN(CCN)C(=O)N2)CC1. The van der Waals surface area contributed by atoms with Gasteiger partial charge in [0.15, 0.2) is 0 Å². The van der Waals surface area contributed by atoms with E-state index in [1.807, 2.05) is 4.90 Å². The molecule has 1 atom stereocenters. The average Bonchev–Trinajstić information content (AvgIpc) is 2.62. The molecule has 2 heterocycles. The fraction of sp³-hybridized carbons (Fsp3) is 0.909. The Hall–Kier alpha value is -0.810. The van der Waals surface area contributed by atoms with Gasteiger partial charge in [-0.2, -0.15) is 0 Å². The Kier molecular flexibility index (Phi) is 3.66. The van der Waals surface area contributed by atoms with Crippen LogP contribution in [0.15, 0.2) is 0 Å². The van der Waals surface area contributed by atoms with E-state index in [1.54, 1.807) is 0 Å². The molecule has 0 spiro atoms. The number of carbonyl (C=O) groups is 1. The highest BCUT2D eigenvalue weighted by Gasteiger charge is 2.34. The molecule has 3 N–H and O–H groups in total. The van der Waals surface area contributed by atoms with Crippen LogP contribution in [0.2, 0.25) is 0 Å². The number of likely N-dealkylation sites (tertiary alicyclic amines) is 1.